The smallest absolute Gasteiger partial charge is 0.110 e. The van der Waals surface area contributed by atoms with Crippen molar-refractivity contribution in [3.8, 4) is 11.1 Å². The van der Waals surface area contributed by atoms with Crippen molar-refractivity contribution in [1.82, 2.24) is 0 Å². The molecule has 6 nitrogen and oxygen atoms in total. The summed E-state index contributed by atoms with van der Waals surface area (Å²) in [4.78, 5) is 1.62. The summed E-state index contributed by atoms with van der Waals surface area (Å²) >= 11 is 9.17. The Balaban J connectivity index is 1.18. The van der Waals surface area contributed by atoms with Gasteiger partial charge in [-0.05, 0) is 58.3 Å². The molecule has 0 aliphatic rings. The largest absolute Gasteiger partial charge is 0.396 e. The molecule has 0 spiro atoms. The standard InChI is InChI=1S/C32H24N6S2/c33-31-25-7-3-1-5-23(25)29(39)17-27(31)37-35-21-13-9-19(10-14-21)20-11-15-22(16-12-20)36-38-28-18-30(40)24-6-2-4-8-26(24)32(28)34/h1-18,39-40H,33-34H2. The van der Waals surface area contributed by atoms with Gasteiger partial charge in [0.05, 0.1) is 22.7 Å². The van der Waals surface area contributed by atoms with Gasteiger partial charge in [-0.1, -0.05) is 72.8 Å². The summed E-state index contributed by atoms with van der Waals surface area (Å²) in [6.07, 6.45) is 0. The number of nitrogen functional groups attached to an aromatic ring is 2. The SMILES string of the molecule is Nc1c(N=Nc2ccc(-c3ccc(N=Nc4cc(S)c5ccccc5c4N)cc3)cc2)cc(S)c2ccccc12. The molecule has 0 saturated heterocycles. The summed E-state index contributed by atoms with van der Waals surface area (Å²) in [6, 6.07) is 35.1. The molecule has 6 rings (SSSR count). The van der Waals surface area contributed by atoms with Crippen LogP contribution in [0, 0.1) is 0 Å². The predicted molar refractivity (Wildman–Crippen MR) is 171 cm³/mol. The van der Waals surface area contributed by atoms with E-state index in [0.717, 1.165) is 53.8 Å². The van der Waals surface area contributed by atoms with Crippen molar-refractivity contribution in [2.24, 2.45) is 20.5 Å². The second kappa shape index (κ2) is 10.8. The number of thiol groups is 2. The minimum Gasteiger partial charge on any atom is -0.396 e. The lowest BCUT2D eigenvalue weighted by atomic mass is 10.1. The third-order valence-electron chi connectivity index (χ3n) is 6.70. The van der Waals surface area contributed by atoms with Gasteiger partial charge in [0.2, 0.25) is 0 Å². The summed E-state index contributed by atoms with van der Waals surface area (Å²) in [6.45, 7) is 0. The number of fused-ring (bicyclic) bond motifs is 2. The number of nitrogens with two attached hydrogens (primary N) is 2. The zero-order chi connectivity index (χ0) is 27.6. The molecule has 0 aliphatic heterocycles. The minimum absolute atomic E-state index is 0.584. The quantitative estimate of drug-likeness (QED) is 0.0964. The van der Waals surface area contributed by atoms with Crippen molar-refractivity contribution in [2.45, 2.75) is 9.79 Å². The van der Waals surface area contributed by atoms with Crippen LogP contribution < -0.4 is 11.5 Å². The Bertz CT molecular complexity index is 1790. The Labute approximate surface area is 242 Å². The highest BCUT2D eigenvalue weighted by Crippen LogP contribution is 2.38. The van der Waals surface area contributed by atoms with Gasteiger partial charge in [-0.3, -0.25) is 0 Å². The number of anilines is 2. The van der Waals surface area contributed by atoms with Crippen molar-refractivity contribution >= 4 is 80.9 Å². The van der Waals surface area contributed by atoms with E-state index >= 15 is 0 Å². The second-order valence-corrected chi connectivity index (χ2v) is 10.2. The molecule has 0 radical (unpaired) electrons. The first-order valence-corrected chi connectivity index (χ1v) is 13.4. The van der Waals surface area contributed by atoms with E-state index in [0.29, 0.717) is 22.7 Å². The molecule has 40 heavy (non-hydrogen) atoms. The van der Waals surface area contributed by atoms with Gasteiger partial charge < -0.3 is 11.5 Å². The fourth-order valence-corrected chi connectivity index (χ4v) is 5.19. The highest BCUT2D eigenvalue weighted by molar-refractivity contribution is 7.80. The molecule has 4 N–H and O–H groups in total. The normalized spacial score (nSPS) is 11.8. The van der Waals surface area contributed by atoms with Gasteiger partial charge in [0.25, 0.3) is 0 Å². The first kappa shape index (κ1) is 25.6. The fourth-order valence-electron chi connectivity index (χ4n) is 4.56. The summed E-state index contributed by atoms with van der Waals surface area (Å²) in [7, 11) is 0. The molecular formula is C32H24N6S2. The monoisotopic (exact) mass is 556 g/mol. The van der Waals surface area contributed by atoms with Crippen LogP contribution >= 0.6 is 25.3 Å². The maximum atomic E-state index is 6.34. The van der Waals surface area contributed by atoms with Crippen LogP contribution in [-0.4, -0.2) is 0 Å². The Morgan fingerprint density at radius 2 is 0.775 bits per heavy atom. The molecular weight excluding hydrogens is 533 g/mol. The summed E-state index contributed by atoms with van der Waals surface area (Å²) in [5.41, 5.74) is 18.6. The van der Waals surface area contributed by atoms with Crippen molar-refractivity contribution in [3.05, 3.63) is 109 Å². The average Bonchev–Trinajstić information content (AvgIpc) is 3.00. The van der Waals surface area contributed by atoms with Crippen LogP contribution in [0.15, 0.2) is 139 Å². The molecule has 0 amide bonds. The fraction of sp³-hybridized carbons (Fsp3) is 0. The number of hydrogen-bond acceptors (Lipinski definition) is 8. The first-order valence-electron chi connectivity index (χ1n) is 12.5. The third kappa shape index (κ3) is 5.02. The van der Waals surface area contributed by atoms with Crippen molar-refractivity contribution < 1.29 is 0 Å². The molecule has 0 saturated carbocycles. The molecule has 0 aliphatic carbocycles. The van der Waals surface area contributed by atoms with Crippen molar-refractivity contribution in [1.29, 1.82) is 0 Å². The van der Waals surface area contributed by atoms with E-state index < -0.39 is 0 Å². The molecule has 0 atom stereocenters. The van der Waals surface area contributed by atoms with Crippen LogP contribution in [0.2, 0.25) is 0 Å². The lowest BCUT2D eigenvalue weighted by molar-refractivity contribution is 1.23. The first-order chi connectivity index (χ1) is 19.5. The van der Waals surface area contributed by atoms with E-state index in [-0.39, 0.29) is 0 Å². The van der Waals surface area contributed by atoms with Crippen LogP contribution in [0.25, 0.3) is 32.7 Å². The van der Waals surface area contributed by atoms with E-state index in [4.69, 9.17) is 11.5 Å². The molecule has 0 bridgehead atoms. The molecule has 8 heteroatoms. The number of nitrogens with zero attached hydrogens (tertiary/aromatic N) is 4. The molecule has 0 fully saturated rings. The zero-order valence-electron chi connectivity index (χ0n) is 21.2. The van der Waals surface area contributed by atoms with Crippen LogP contribution in [0.5, 0.6) is 0 Å². The van der Waals surface area contributed by atoms with E-state index in [1.807, 2.05) is 109 Å². The Hall–Kier alpha value is -4.66. The zero-order valence-corrected chi connectivity index (χ0v) is 23.0. The van der Waals surface area contributed by atoms with E-state index in [2.05, 4.69) is 45.7 Å². The molecule has 6 aromatic rings. The van der Waals surface area contributed by atoms with E-state index in [1.165, 1.54) is 0 Å². The number of benzene rings is 6. The van der Waals surface area contributed by atoms with Crippen molar-refractivity contribution in [3.63, 3.8) is 0 Å². The highest BCUT2D eigenvalue weighted by Gasteiger charge is 2.09. The van der Waals surface area contributed by atoms with Crippen LogP contribution in [0.1, 0.15) is 0 Å². The summed E-state index contributed by atoms with van der Waals surface area (Å²) < 4.78 is 0. The van der Waals surface area contributed by atoms with Gasteiger partial charge in [0.15, 0.2) is 0 Å². The number of rotatable bonds is 5. The molecule has 0 unspecified atom stereocenters. The lowest BCUT2D eigenvalue weighted by Gasteiger charge is -2.08. The number of hydrogen-bond donors (Lipinski definition) is 4. The maximum Gasteiger partial charge on any atom is 0.110 e. The Morgan fingerprint density at radius 1 is 0.425 bits per heavy atom. The maximum absolute atomic E-state index is 6.34. The van der Waals surface area contributed by atoms with Gasteiger partial charge in [-0.2, -0.15) is 10.2 Å². The molecule has 6 aromatic carbocycles. The van der Waals surface area contributed by atoms with Gasteiger partial charge in [-0.25, -0.2) is 0 Å². The van der Waals surface area contributed by atoms with Crippen molar-refractivity contribution in [2.75, 3.05) is 11.5 Å². The molecule has 0 heterocycles. The Morgan fingerprint density at radius 3 is 1.15 bits per heavy atom. The second-order valence-electron chi connectivity index (χ2n) is 9.24. The third-order valence-corrected chi connectivity index (χ3v) is 7.44. The van der Waals surface area contributed by atoms with Gasteiger partial charge in [-0.15, -0.1) is 35.5 Å². The lowest BCUT2D eigenvalue weighted by Crippen LogP contribution is -1.88. The average molecular weight is 557 g/mol. The molecule has 194 valence electrons. The van der Waals surface area contributed by atoms with Crippen LogP contribution in [-0.2, 0) is 0 Å². The topological polar surface area (TPSA) is 101 Å². The molecule has 0 aromatic heterocycles. The van der Waals surface area contributed by atoms with Crippen LogP contribution in [0.3, 0.4) is 0 Å². The summed E-state index contributed by atoms with van der Waals surface area (Å²) in [5, 5.41) is 21.4. The van der Waals surface area contributed by atoms with Crippen LogP contribution in [0.4, 0.5) is 34.1 Å². The van der Waals surface area contributed by atoms with Gasteiger partial charge in [0, 0.05) is 20.6 Å². The van der Waals surface area contributed by atoms with Gasteiger partial charge >= 0.3 is 0 Å². The highest BCUT2D eigenvalue weighted by atomic mass is 32.1. The van der Waals surface area contributed by atoms with Gasteiger partial charge in [0.1, 0.15) is 11.4 Å². The van der Waals surface area contributed by atoms with E-state index in [9.17, 15) is 0 Å². The van der Waals surface area contributed by atoms with E-state index in [1.54, 1.807) is 0 Å². The Kier molecular flexibility index (Phi) is 6.94. The summed E-state index contributed by atoms with van der Waals surface area (Å²) in [5.74, 6) is 0. The minimum atomic E-state index is 0.584. The predicted octanol–water partition coefficient (Wildman–Crippen LogP) is 10.2. The number of azo groups is 2.